The highest BCUT2D eigenvalue weighted by molar-refractivity contribution is 5.49. The molecule has 0 spiro atoms. The molecule has 4 heteroatoms. The Hall–Kier alpha value is -0.450. The van der Waals surface area contributed by atoms with Crippen LogP contribution in [0.5, 0.6) is 0 Å². The molecule has 0 aromatic heterocycles. The summed E-state index contributed by atoms with van der Waals surface area (Å²) in [6.07, 6.45) is -1.30. The van der Waals surface area contributed by atoms with Gasteiger partial charge >= 0.3 is 0 Å². The van der Waals surface area contributed by atoms with Crippen LogP contribution in [0.3, 0.4) is 0 Å². The average Bonchev–Trinajstić information content (AvgIpc) is 2.02. The van der Waals surface area contributed by atoms with Crippen LogP contribution >= 0.6 is 0 Å². The van der Waals surface area contributed by atoms with Crippen molar-refractivity contribution in [3.63, 3.8) is 0 Å². The molecule has 0 aromatic rings. The number of aldehydes is 1. The quantitative estimate of drug-likeness (QED) is 0.450. The largest absolute Gasteiger partial charge is 0.394 e. The zero-order chi connectivity index (χ0) is 8.85. The highest BCUT2D eigenvalue weighted by atomic mass is 16.4. The second-order valence-electron chi connectivity index (χ2n) is 2.62. The van der Waals surface area contributed by atoms with Crippen LogP contribution in [0, 0.1) is 5.92 Å². The third kappa shape index (κ3) is 3.46. The molecule has 0 aliphatic rings. The Morgan fingerprint density at radius 3 is 2.36 bits per heavy atom. The van der Waals surface area contributed by atoms with Crippen molar-refractivity contribution in [3.8, 4) is 0 Å². The second-order valence-corrected chi connectivity index (χ2v) is 2.62. The van der Waals surface area contributed by atoms with Crippen molar-refractivity contribution in [1.82, 2.24) is 0 Å². The molecule has 0 rings (SSSR count). The molecule has 0 aromatic carbocycles. The van der Waals surface area contributed by atoms with Crippen molar-refractivity contribution < 1.29 is 20.1 Å². The summed E-state index contributed by atoms with van der Waals surface area (Å²) in [5.41, 5.74) is 0. The van der Waals surface area contributed by atoms with E-state index in [0.717, 1.165) is 0 Å². The van der Waals surface area contributed by atoms with Crippen LogP contribution in [0.4, 0.5) is 0 Å². The van der Waals surface area contributed by atoms with E-state index in [9.17, 15) is 4.79 Å². The third-order valence-electron chi connectivity index (χ3n) is 1.63. The van der Waals surface area contributed by atoms with Crippen LogP contribution in [-0.2, 0) is 4.79 Å². The van der Waals surface area contributed by atoms with Gasteiger partial charge in [0.1, 0.15) is 12.4 Å². The first-order valence-corrected chi connectivity index (χ1v) is 3.54. The molecule has 3 atom stereocenters. The second kappa shape index (κ2) is 5.23. The first kappa shape index (κ1) is 10.6. The molecule has 0 bridgehead atoms. The maximum Gasteiger partial charge on any atom is 0.120 e. The van der Waals surface area contributed by atoms with E-state index in [0.29, 0.717) is 6.29 Å². The van der Waals surface area contributed by atoms with E-state index >= 15 is 0 Å². The van der Waals surface area contributed by atoms with Gasteiger partial charge in [0.2, 0.25) is 0 Å². The average molecular weight is 162 g/mol. The van der Waals surface area contributed by atoms with Crippen LogP contribution in [0.2, 0.25) is 0 Å². The van der Waals surface area contributed by atoms with Crippen LogP contribution in [0.15, 0.2) is 0 Å². The minimum Gasteiger partial charge on any atom is -0.394 e. The Kier molecular flexibility index (Phi) is 5.02. The van der Waals surface area contributed by atoms with Gasteiger partial charge in [0.05, 0.1) is 12.7 Å². The van der Waals surface area contributed by atoms with Crippen molar-refractivity contribution >= 4 is 6.29 Å². The summed E-state index contributed by atoms with van der Waals surface area (Å²) in [7, 11) is 0. The van der Waals surface area contributed by atoms with Crippen molar-refractivity contribution in [2.24, 2.45) is 5.92 Å². The first-order valence-electron chi connectivity index (χ1n) is 3.54. The van der Waals surface area contributed by atoms with Crippen LogP contribution in [0.25, 0.3) is 0 Å². The maximum absolute atomic E-state index is 9.98. The minimum atomic E-state index is -1.15. The molecule has 0 aliphatic carbocycles. The third-order valence-corrected chi connectivity index (χ3v) is 1.63. The van der Waals surface area contributed by atoms with E-state index in [4.69, 9.17) is 15.3 Å². The molecule has 0 amide bonds. The lowest BCUT2D eigenvalue weighted by atomic mass is 9.98. The molecule has 0 fully saturated rings. The summed E-state index contributed by atoms with van der Waals surface area (Å²) in [4.78, 5) is 9.98. The Bertz CT molecular complexity index is 115. The highest BCUT2D eigenvalue weighted by Crippen LogP contribution is 2.09. The summed E-state index contributed by atoms with van der Waals surface area (Å²) in [5, 5.41) is 26.5. The van der Waals surface area contributed by atoms with Gasteiger partial charge in [-0.3, -0.25) is 0 Å². The normalized spacial score (nSPS) is 18.9. The lowest BCUT2D eigenvalue weighted by molar-refractivity contribution is -0.110. The van der Waals surface area contributed by atoms with E-state index in [-0.39, 0.29) is 12.3 Å². The van der Waals surface area contributed by atoms with Crippen molar-refractivity contribution in [2.45, 2.75) is 25.6 Å². The van der Waals surface area contributed by atoms with Gasteiger partial charge in [-0.15, -0.1) is 0 Å². The summed E-state index contributed by atoms with van der Waals surface area (Å²) in [5.74, 6) is -0.311. The number of aliphatic hydroxyl groups excluding tert-OH is 3. The van der Waals surface area contributed by atoms with Gasteiger partial charge in [-0.1, -0.05) is 6.92 Å². The SMILES string of the molecule is C[C@H](CC=O)[C@H](O)[C@H](O)CO. The van der Waals surface area contributed by atoms with Crippen molar-refractivity contribution in [3.05, 3.63) is 0 Å². The van der Waals surface area contributed by atoms with E-state index in [1.165, 1.54) is 0 Å². The predicted octanol–water partition coefficient (Wildman–Crippen LogP) is -1.07. The molecule has 0 saturated heterocycles. The van der Waals surface area contributed by atoms with E-state index in [2.05, 4.69) is 0 Å². The smallest absolute Gasteiger partial charge is 0.120 e. The zero-order valence-electron chi connectivity index (χ0n) is 6.47. The maximum atomic E-state index is 9.98. The fourth-order valence-corrected chi connectivity index (χ4v) is 0.778. The topological polar surface area (TPSA) is 77.8 Å². The van der Waals surface area contributed by atoms with Crippen LogP contribution < -0.4 is 0 Å². The van der Waals surface area contributed by atoms with Crippen LogP contribution in [-0.4, -0.2) is 40.4 Å². The summed E-state index contributed by atoms with van der Waals surface area (Å²) in [6, 6.07) is 0. The molecular weight excluding hydrogens is 148 g/mol. The minimum absolute atomic E-state index is 0.193. The summed E-state index contributed by atoms with van der Waals surface area (Å²) < 4.78 is 0. The molecule has 0 saturated carbocycles. The van der Waals surface area contributed by atoms with E-state index in [1.807, 2.05) is 0 Å². The molecule has 0 radical (unpaired) electrons. The molecule has 0 heterocycles. The van der Waals surface area contributed by atoms with Gasteiger partial charge in [0, 0.05) is 6.42 Å². The molecule has 4 nitrogen and oxygen atoms in total. The number of carbonyl (C=O) groups is 1. The van der Waals surface area contributed by atoms with E-state index in [1.54, 1.807) is 6.92 Å². The number of aliphatic hydroxyl groups is 3. The van der Waals surface area contributed by atoms with Gasteiger partial charge in [-0.05, 0) is 5.92 Å². The standard InChI is InChI=1S/C7H14O4/c1-5(2-3-8)7(11)6(10)4-9/h3,5-7,9-11H,2,4H2,1H3/t5-,6-,7+/m1/s1. The molecular formula is C7H14O4. The Balaban J connectivity index is 3.79. The van der Waals surface area contributed by atoms with Gasteiger partial charge in [0.25, 0.3) is 0 Å². The number of hydrogen-bond donors (Lipinski definition) is 3. The number of carbonyl (C=O) groups excluding carboxylic acids is 1. The molecule has 11 heavy (non-hydrogen) atoms. The van der Waals surface area contributed by atoms with Gasteiger partial charge in [-0.25, -0.2) is 0 Å². The predicted molar refractivity (Wildman–Crippen MR) is 38.9 cm³/mol. The molecule has 0 aliphatic heterocycles. The fourth-order valence-electron chi connectivity index (χ4n) is 0.778. The Labute approximate surface area is 65.5 Å². The van der Waals surface area contributed by atoms with Crippen molar-refractivity contribution in [2.75, 3.05) is 6.61 Å². The molecule has 66 valence electrons. The molecule has 3 N–H and O–H groups in total. The lowest BCUT2D eigenvalue weighted by Gasteiger charge is -2.20. The fraction of sp³-hybridized carbons (Fsp3) is 0.857. The first-order chi connectivity index (χ1) is 5.13. The number of rotatable bonds is 5. The van der Waals surface area contributed by atoms with Crippen molar-refractivity contribution in [1.29, 1.82) is 0 Å². The number of hydrogen-bond acceptors (Lipinski definition) is 4. The zero-order valence-corrected chi connectivity index (χ0v) is 6.47. The Morgan fingerprint density at radius 2 is 2.00 bits per heavy atom. The van der Waals surface area contributed by atoms with Gasteiger partial charge in [0.15, 0.2) is 0 Å². The monoisotopic (exact) mass is 162 g/mol. The highest BCUT2D eigenvalue weighted by Gasteiger charge is 2.21. The lowest BCUT2D eigenvalue weighted by Crippen LogP contribution is -2.34. The van der Waals surface area contributed by atoms with Gasteiger partial charge < -0.3 is 20.1 Å². The Morgan fingerprint density at radius 1 is 1.45 bits per heavy atom. The summed E-state index contributed by atoms with van der Waals surface area (Å²) in [6.45, 7) is 1.16. The molecule has 0 unspecified atom stereocenters. The van der Waals surface area contributed by atoms with Gasteiger partial charge in [-0.2, -0.15) is 0 Å². The van der Waals surface area contributed by atoms with Crippen LogP contribution in [0.1, 0.15) is 13.3 Å². The van der Waals surface area contributed by atoms with E-state index < -0.39 is 18.8 Å². The summed E-state index contributed by atoms with van der Waals surface area (Å²) >= 11 is 0.